The molecule has 0 aromatic heterocycles. The Balaban J connectivity index is 2.11. The van der Waals surface area contributed by atoms with Gasteiger partial charge in [-0.1, -0.05) is 31.4 Å². The average molecular weight is 299 g/mol. The van der Waals surface area contributed by atoms with E-state index in [9.17, 15) is 13.5 Å². The number of hydrogen-bond acceptors (Lipinski definition) is 4. The van der Waals surface area contributed by atoms with Gasteiger partial charge in [0.05, 0.1) is 12.7 Å². The lowest BCUT2D eigenvalue weighted by molar-refractivity contribution is 0.00945. The smallest absolute Gasteiger partial charge is 0.244 e. The highest BCUT2D eigenvalue weighted by atomic mass is 32.2. The standard InChI is InChI=1S/C14H21NO4S/c1-19-12-7-3-4-8-13(12)20(17,18)15-11-14(16)9-5-2-6-10-14/h3-4,7-8,15-16H,2,5-6,9-11H2,1H3. The van der Waals surface area contributed by atoms with E-state index >= 15 is 0 Å². The quantitative estimate of drug-likeness (QED) is 0.867. The van der Waals surface area contributed by atoms with E-state index in [1.54, 1.807) is 18.2 Å². The van der Waals surface area contributed by atoms with Crippen molar-refractivity contribution >= 4 is 10.0 Å². The van der Waals surface area contributed by atoms with Crippen molar-refractivity contribution in [2.45, 2.75) is 42.6 Å². The van der Waals surface area contributed by atoms with Crippen molar-refractivity contribution in [2.24, 2.45) is 0 Å². The topological polar surface area (TPSA) is 75.6 Å². The normalized spacial score (nSPS) is 18.7. The van der Waals surface area contributed by atoms with E-state index in [1.165, 1.54) is 13.2 Å². The second-order valence-corrected chi connectivity index (χ2v) is 7.00. The van der Waals surface area contributed by atoms with Gasteiger partial charge in [0.25, 0.3) is 0 Å². The molecule has 0 atom stereocenters. The zero-order chi connectivity index (χ0) is 14.6. The van der Waals surface area contributed by atoms with Crippen LogP contribution in [0.5, 0.6) is 5.75 Å². The molecule has 5 nitrogen and oxygen atoms in total. The first-order valence-corrected chi connectivity index (χ1v) is 8.30. The van der Waals surface area contributed by atoms with Crippen LogP contribution in [0.4, 0.5) is 0 Å². The molecule has 2 rings (SSSR count). The molecule has 0 heterocycles. The predicted molar refractivity (Wildman–Crippen MR) is 76.2 cm³/mol. The highest BCUT2D eigenvalue weighted by Crippen LogP contribution is 2.28. The Labute approximate surface area is 120 Å². The molecule has 1 aliphatic rings. The number of sulfonamides is 1. The van der Waals surface area contributed by atoms with Crippen LogP contribution >= 0.6 is 0 Å². The number of para-hydroxylation sites is 1. The van der Waals surface area contributed by atoms with Gasteiger partial charge in [-0.3, -0.25) is 0 Å². The van der Waals surface area contributed by atoms with Gasteiger partial charge in [-0.05, 0) is 25.0 Å². The molecular formula is C14H21NO4S. The van der Waals surface area contributed by atoms with Gasteiger partial charge in [0.1, 0.15) is 10.6 Å². The summed E-state index contributed by atoms with van der Waals surface area (Å²) in [4.78, 5) is 0.0990. The Morgan fingerprint density at radius 1 is 1.25 bits per heavy atom. The monoisotopic (exact) mass is 299 g/mol. The first-order chi connectivity index (χ1) is 9.47. The summed E-state index contributed by atoms with van der Waals surface area (Å²) in [5.74, 6) is 0.302. The number of ether oxygens (including phenoxy) is 1. The van der Waals surface area contributed by atoms with Gasteiger partial charge in [0.15, 0.2) is 0 Å². The van der Waals surface area contributed by atoms with Gasteiger partial charge in [-0.15, -0.1) is 0 Å². The average Bonchev–Trinajstić information content (AvgIpc) is 2.46. The predicted octanol–water partition coefficient (Wildman–Crippen LogP) is 1.67. The summed E-state index contributed by atoms with van der Waals surface area (Å²) in [6.45, 7) is 0.0490. The second kappa shape index (κ2) is 6.11. The van der Waals surface area contributed by atoms with Gasteiger partial charge in [-0.2, -0.15) is 0 Å². The summed E-state index contributed by atoms with van der Waals surface area (Å²) in [6, 6.07) is 6.45. The molecule has 1 aromatic rings. The molecule has 1 fully saturated rings. The zero-order valence-electron chi connectivity index (χ0n) is 11.6. The molecule has 0 saturated heterocycles. The lowest BCUT2D eigenvalue weighted by Crippen LogP contribution is -2.44. The molecule has 20 heavy (non-hydrogen) atoms. The van der Waals surface area contributed by atoms with Crippen LogP contribution in [0.3, 0.4) is 0 Å². The highest BCUT2D eigenvalue weighted by Gasteiger charge is 2.31. The molecule has 112 valence electrons. The number of benzene rings is 1. The summed E-state index contributed by atoms with van der Waals surface area (Å²) in [5.41, 5.74) is -0.923. The number of rotatable bonds is 5. The summed E-state index contributed by atoms with van der Waals surface area (Å²) in [7, 11) is -2.24. The van der Waals surface area contributed by atoms with Crippen molar-refractivity contribution in [3.63, 3.8) is 0 Å². The molecule has 1 aliphatic carbocycles. The number of aliphatic hydroxyl groups is 1. The molecule has 0 amide bonds. The van der Waals surface area contributed by atoms with Crippen molar-refractivity contribution in [2.75, 3.05) is 13.7 Å². The third-order valence-electron chi connectivity index (χ3n) is 3.73. The van der Waals surface area contributed by atoms with E-state index in [0.29, 0.717) is 18.6 Å². The molecule has 1 saturated carbocycles. The number of nitrogens with one attached hydrogen (secondary N) is 1. The third kappa shape index (κ3) is 3.50. The molecule has 0 unspecified atom stereocenters. The van der Waals surface area contributed by atoms with E-state index < -0.39 is 15.6 Å². The van der Waals surface area contributed by atoms with E-state index in [1.807, 2.05) is 0 Å². The lowest BCUT2D eigenvalue weighted by Gasteiger charge is -2.32. The minimum absolute atomic E-state index is 0.0490. The lowest BCUT2D eigenvalue weighted by atomic mass is 9.85. The van der Waals surface area contributed by atoms with Crippen molar-refractivity contribution < 1.29 is 18.3 Å². The summed E-state index contributed by atoms with van der Waals surface area (Å²) >= 11 is 0. The fourth-order valence-corrected chi connectivity index (χ4v) is 3.82. The van der Waals surface area contributed by atoms with Crippen molar-refractivity contribution in [1.29, 1.82) is 0 Å². The maximum Gasteiger partial charge on any atom is 0.244 e. The first kappa shape index (κ1) is 15.3. The molecule has 1 aromatic carbocycles. The van der Waals surface area contributed by atoms with Crippen LogP contribution in [0.1, 0.15) is 32.1 Å². The Hall–Kier alpha value is -1.11. The molecule has 0 bridgehead atoms. The Kier molecular flexibility index (Phi) is 4.67. The van der Waals surface area contributed by atoms with E-state index in [2.05, 4.69) is 4.72 Å². The molecule has 2 N–H and O–H groups in total. The van der Waals surface area contributed by atoms with Crippen LogP contribution in [0.2, 0.25) is 0 Å². The number of methoxy groups -OCH3 is 1. The van der Waals surface area contributed by atoms with E-state index in [4.69, 9.17) is 4.74 Å². The summed E-state index contributed by atoms with van der Waals surface area (Å²) in [5, 5.41) is 10.3. The van der Waals surface area contributed by atoms with Crippen LogP contribution in [0, 0.1) is 0 Å². The number of hydrogen-bond donors (Lipinski definition) is 2. The van der Waals surface area contributed by atoms with Crippen LogP contribution in [-0.4, -0.2) is 32.8 Å². The molecule has 6 heteroatoms. The molecular weight excluding hydrogens is 278 g/mol. The van der Waals surface area contributed by atoms with Crippen LogP contribution in [0.25, 0.3) is 0 Å². The fourth-order valence-electron chi connectivity index (χ4n) is 2.53. The third-order valence-corrected chi connectivity index (χ3v) is 5.17. The van der Waals surface area contributed by atoms with Crippen molar-refractivity contribution in [3.05, 3.63) is 24.3 Å². The maximum absolute atomic E-state index is 12.3. The van der Waals surface area contributed by atoms with Crippen LogP contribution in [-0.2, 0) is 10.0 Å². The van der Waals surface area contributed by atoms with Gasteiger partial charge >= 0.3 is 0 Å². The maximum atomic E-state index is 12.3. The Morgan fingerprint density at radius 3 is 2.55 bits per heavy atom. The summed E-state index contributed by atoms with van der Waals surface area (Å²) in [6.07, 6.45) is 4.25. The summed E-state index contributed by atoms with van der Waals surface area (Å²) < 4.78 is 32.2. The van der Waals surface area contributed by atoms with E-state index in [0.717, 1.165) is 19.3 Å². The molecule has 0 radical (unpaired) electrons. The van der Waals surface area contributed by atoms with Gasteiger partial charge in [0.2, 0.25) is 10.0 Å². The van der Waals surface area contributed by atoms with Gasteiger partial charge in [0, 0.05) is 6.54 Å². The molecule has 0 aliphatic heterocycles. The second-order valence-electron chi connectivity index (χ2n) is 5.26. The minimum Gasteiger partial charge on any atom is -0.495 e. The Morgan fingerprint density at radius 2 is 1.90 bits per heavy atom. The van der Waals surface area contributed by atoms with Gasteiger partial charge < -0.3 is 9.84 Å². The van der Waals surface area contributed by atoms with E-state index in [-0.39, 0.29) is 11.4 Å². The van der Waals surface area contributed by atoms with Crippen molar-refractivity contribution in [3.8, 4) is 5.75 Å². The fraction of sp³-hybridized carbons (Fsp3) is 0.571. The first-order valence-electron chi connectivity index (χ1n) is 6.82. The Bertz CT molecular complexity index is 550. The van der Waals surface area contributed by atoms with Crippen LogP contribution in [0.15, 0.2) is 29.2 Å². The SMILES string of the molecule is COc1ccccc1S(=O)(=O)NCC1(O)CCCCC1. The largest absolute Gasteiger partial charge is 0.495 e. The van der Waals surface area contributed by atoms with Crippen molar-refractivity contribution in [1.82, 2.24) is 4.72 Å². The highest BCUT2D eigenvalue weighted by molar-refractivity contribution is 7.89. The van der Waals surface area contributed by atoms with Gasteiger partial charge in [-0.25, -0.2) is 13.1 Å². The minimum atomic E-state index is -3.68. The van der Waals surface area contributed by atoms with Crippen LogP contribution < -0.4 is 9.46 Å². The zero-order valence-corrected chi connectivity index (χ0v) is 12.4. The molecule has 0 spiro atoms.